The molecule has 7 nitrogen and oxygen atoms in total. The number of hydrogen-bond acceptors (Lipinski definition) is 5. The van der Waals surface area contributed by atoms with Gasteiger partial charge >= 0.3 is 0 Å². The lowest BCUT2D eigenvalue weighted by molar-refractivity contribution is -0.121. The van der Waals surface area contributed by atoms with E-state index in [-0.39, 0.29) is 23.7 Å². The van der Waals surface area contributed by atoms with E-state index in [0.29, 0.717) is 18.6 Å². The number of aryl methyl sites for hydroxylation is 2. The van der Waals surface area contributed by atoms with Gasteiger partial charge in [-0.1, -0.05) is 12.1 Å². The molecule has 0 saturated carbocycles. The highest BCUT2D eigenvalue weighted by Crippen LogP contribution is 2.17. The lowest BCUT2D eigenvalue weighted by atomic mass is 10.1. The molecule has 0 fully saturated rings. The fourth-order valence-corrected chi connectivity index (χ4v) is 2.97. The molecule has 3 aromatic rings. The van der Waals surface area contributed by atoms with E-state index in [1.807, 2.05) is 20.8 Å². The van der Waals surface area contributed by atoms with Crippen molar-refractivity contribution in [2.45, 2.75) is 39.7 Å². The van der Waals surface area contributed by atoms with Gasteiger partial charge in [-0.15, -0.1) is 5.10 Å². The summed E-state index contributed by atoms with van der Waals surface area (Å²) in [6, 6.07) is 5.91. The molecule has 0 unspecified atom stereocenters. The van der Waals surface area contributed by atoms with Crippen LogP contribution in [-0.4, -0.2) is 25.5 Å². The summed E-state index contributed by atoms with van der Waals surface area (Å²) in [4.78, 5) is 20.8. The van der Waals surface area contributed by atoms with Crippen molar-refractivity contribution in [3.8, 4) is 0 Å². The Hall–Kier alpha value is -3.03. The van der Waals surface area contributed by atoms with Gasteiger partial charge < -0.3 is 11.1 Å². The Morgan fingerprint density at radius 1 is 1.27 bits per heavy atom. The maximum absolute atomic E-state index is 13.0. The molecule has 0 aliphatic heterocycles. The zero-order chi connectivity index (χ0) is 18.8. The molecule has 1 atom stereocenters. The quantitative estimate of drug-likeness (QED) is 0.731. The van der Waals surface area contributed by atoms with Crippen LogP contribution in [0.3, 0.4) is 0 Å². The minimum Gasteiger partial charge on any atom is -0.366 e. The third kappa shape index (κ3) is 3.63. The van der Waals surface area contributed by atoms with Crippen LogP contribution >= 0.6 is 0 Å². The van der Waals surface area contributed by atoms with E-state index >= 15 is 0 Å². The second-order valence-corrected chi connectivity index (χ2v) is 6.28. The van der Waals surface area contributed by atoms with Gasteiger partial charge in [-0.05, 0) is 50.5 Å². The van der Waals surface area contributed by atoms with E-state index in [9.17, 15) is 9.18 Å². The standard InChI is InChI=1S/C18H21FN6O/c1-10(13-4-6-14(19)7-5-13)21-16(26)9-8-15-11(2)22-18-23-17(20)24-25(18)12(15)3/h4-7,10H,8-9H2,1-3H3,(H2,20,24)(H,21,26)/t10-/m0/s1. The number of halogens is 1. The van der Waals surface area contributed by atoms with Crippen LogP contribution in [0.5, 0.6) is 0 Å². The Bertz CT molecular complexity index is 950. The zero-order valence-corrected chi connectivity index (χ0v) is 15.0. The molecule has 0 bridgehead atoms. The van der Waals surface area contributed by atoms with Crippen LogP contribution in [-0.2, 0) is 11.2 Å². The van der Waals surface area contributed by atoms with Crippen molar-refractivity contribution in [2.75, 3.05) is 5.73 Å². The van der Waals surface area contributed by atoms with Gasteiger partial charge in [-0.2, -0.15) is 9.50 Å². The molecule has 0 aliphatic rings. The molecule has 26 heavy (non-hydrogen) atoms. The maximum Gasteiger partial charge on any atom is 0.254 e. The smallest absolute Gasteiger partial charge is 0.254 e. The summed E-state index contributed by atoms with van der Waals surface area (Å²) in [7, 11) is 0. The Labute approximate surface area is 150 Å². The summed E-state index contributed by atoms with van der Waals surface area (Å²) >= 11 is 0. The van der Waals surface area contributed by atoms with Crippen molar-refractivity contribution >= 4 is 17.6 Å². The van der Waals surface area contributed by atoms with Crippen LogP contribution in [0.4, 0.5) is 10.3 Å². The van der Waals surface area contributed by atoms with Crippen LogP contribution in [0.25, 0.3) is 5.78 Å². The molecule has 3 rings (SSSR count). The fraction of sp³-hybridized carbons (Fsp3) is 0.333. The number of amides is 1. The molecular formula is C18H21FN6O. The zero-order valence-electron chi connectivity index (χ0n) is 15.0. The van der Waals surface area contributed by atoms with E-state index in [4.69, 9.17) is 5.73 Å². The highest BCUT2D eigenvalue weighted by Gasteiger charge is 2.15. The Morgan fingerprint density at radius 2 is 1.96 bits per heavy atom. The number of nitrogen functional groups attached to an aromatic ring is 1. The van der Waals surface area contributed by atoms with Crippen molar-refractivity contribution < 1.29 is 9.18 Å². The van der Waals surface area contributed by atoms with Gasteiger partial charge in [-0.25, -0.2) is 9.37 Å². The predicted octanol–water partition coefficient (Wildman–Crippen LogP) is 2.27. The highest BCUT2D eigenvalue weighted by molar-refractivity contribution is 5.76. The van der Waals surface area contributed by atoms with Gasteiger partial charge in [0.1, 0.15) is 5.82 Å². The summed E-state index contributed by atoms with van der Waals surface area (Å²) < 4.78 is 14.6. The number of aromatic nitrogens is 4. The first-order chi connectivity index (χ1) is 12.3. The van der Waals surface area contributed by atoms with Crippen LogP contribution in [0.2, 0.25) is 0 Å². The van der Waals surface area contributed by atoms with Gasteiger partial charge in [-0.3, -0.25) is 4.79 Å². The Balaban J connectivity index is 1.67. The average molecular weight is 356 g/mol. The van der Waals surface area contributed by atoms with Crippen LogP contribution < -0.4 is 11.1 Å². The number of hydrogen-bond donors (Lipinski definition) is 2. The predicted molar refractivity (Wildman–Crippen MR) is 95.9 cm³/mol. The summed E-state index contributed by atoms with van der Waals surface area (Å²) in [6.45, 7) is 5.66. The number of rotatable bonds is 5. The van der Waals surface area contributed by atoms with Gasteiger partial charge in [0.25, 0.3) is 5.78 Å². The largest absolute Gasteiger partial charge is 0.366 e. The van der Waals surface area contributed by atoms with Crippen molar-refractivity contribution in [3.63, 3.8) is 0 Å². The topological polar surface area (TPSA) is 98.2 Å². The number of carbonyl (C=O) groups excluding carboxylic acids is 1. The number of anilines is 1. The van der Waals surface area contributed by atoms with Crippen LogP contribution in [0, 0.1) is 19.7 Å². The Morgan fingerprint density at radius 3 is 2.65 bits per heavy atom. The van der Waals surface area contributed by atoms with E-state index < -0.39 is 0 Å². The van der Waals surface area contributed by atoms with E-state index in [1.54, 1.807) is 16.6 Å². The molecular weight excluding hydrogens is 335 g/mol. The summed E-state index contributed by atoms with van der Waals surface area (Å²) in [5, 5.41) is 7.06. The normalized spacial score (nSPS) is 12.3. The molecule has 2 aromatic heterocycles. The number of nitrogens with two attached hydrogens (primary N) is 1. The Kier molecular flexibility index (Phi) is 4.83. The third-order valence-corrected chi connectivity index (χ3v) is 4.41. The van der Waals surface area contributed by atoms with Gasteiger partial charge in [0.2, 0.25) is 11.9 Å². The summed E-state index contributed by atoms with van der Waals surface area (Å²) in [5.41, 5.74) is 9.11. The van der Waals surface area contributed by atoms with E-state index in [2.05, 4.69) is 20.4 Å². The molecule has 0 saturated heterocycles. The maximum atomic E-state index is 13.0. The number of benzene rings is 1. The third-order valence-electron chi connectivity index (χ3n) is 4.41. The molecule has 8 heteroatoms. The highest BCUT2D eigenvalue weighted by atomic mass is 19.1. The lowest BCUT2D eigenvalue weighted by Gasteiger charge is -2.15. The van der Waals surface area contributed by atoms with Crippen molar-refractivity contribution in [1.82, 2.24) is 24.9 Å². The molecule has 0 spiro atoms. The van der Waals surface area contributed by atoms with Crippen LogP contribution in [0.1, 0.15) is 41.9 Å². The molecule has 2 heterocycles. The van der Waals surface area contributed by atoms with Gasteiger partial charge in [0.05, 0.1) is 6.04 Å². The minimum atomic E-state index is -0.296. The minimum absolute atomic E-state index is 0.0844. The first-order valence-electron chi connectivity index (χ1n) is 8.38. The SMILES string of the molecule is Cc1nc2nc(N)nn2c(C)c1CCC(=O)N[C@@H](C)c1ccc(F)cc1. The van der Waals surface area contributed by atoms with E-state index in [0.717, 1.165) is 22.5 Å². The van der Waals surface area contributed by atoms with Crippen molar-refractivity contribution in [3.05, 3.63) is 52.6 Å². The van der Waals surface area contributed by atoms with Crippen molar-refractivity contribution in [1.29, 1.82) is 0 Å². The van der Waals surface area contributed by atoms with Crippen LogP contribution in [0.15, 0.2) is 24.3 Å². The first kappa shape index (κ1) is 17.8. The lowest BCUT2D eigenvalue weighted by Crippen LogP contribution is -2.27. The van der Waals surface area contributed by atoms with E-state index in [1.165, 1.54) is 12.1 Å². The summed E-state index contributed by atoms with van der Waals surface area (Å²) in [6.07, 6.45) is 0.840. The molecule has 3 N–H and O–H groups in total. The molecule has 1 amide bonds. The monoisotopic (exact) mass is 356 g/mol. The molecule has 1 aromatic carbocycles. The molecule has 136 valence electrons. The first-order valence-corrected chi connectivity index (χ1v) is 8.38. The molecule has 0 aliphatic carbocycles. The second-order valence-electron chi connectivity index (χ2n) is 6.28. The van der Waals surface area contributed by atoms with Gasteiger partial charge in [0.15, 0.2) is 0 Å². The van der Waals surface area contributed by atoms with Gasteiger partial charge in [0, 0.05) is 17.8 Å². The summed E-state index contributed by atoms with van der Waals surface area (Å²) in [5.74, 6) is 0.243. The average Bonchev–Trinajstić information content (AvgIpc) is 2.95. The second kappa shape index (κ2) is 7.07. The number of nitrogens with zero attached hydrogens (tertiary/aromatic N) is 4. The number of nitrogens with one attached hydrogen (secondary N) is 1. The number of carbonyl (C=O) groups is 1. The fourth-order valence-electron chi connectivity index (χ4n) is 2.97. The molecule has 0 radical (unpaired) electrons. The number of fused-ring (bicyclic) bond motifs is 1. The van der Waals surface area contributed by atoms with Crippen molar-refractivity contribution in [2.24, 2.45) is 0 Å².